The number of hydrogen-bond acceptors (Lipinski definition) is 6. The van der Waals surface area contributed by atoms with Gasteiger partial charge in [0.25, 0.3) is 11.7 Å². The van der Waals surface area contributed by atoms with Crippen molar-refractivity contribution in [2.24, 2.45) is 0 Å². The summed E-state index contributed by atoms with van der Waals surface area (Å²) < 4.78 is 5.42. The Morgan fingerprint density at radius 3 is 3.00 bits per heavy atom. The summed E-state index contributed by atoms with van der Waals surface area (Å²) >= 11 is 0. The zero-order valence-corrected chi connectivity index (χ0v) is 10.7. The summed E-state index contributed by atoms with van der Waals surface area (Å²) in [5.41, 5.74) is 0.659. The Morgan fingerprint density at radius 1 is 1.42 bits per heavy atom. The van der Waals surface area contributed by atoms with E-state index >= 15 is 0 Å². The fraction of sp³-hybridized carbons (Fsp3) is 0.417. The number of aromatic nitrogens is 1. The molecule has 0 aliphatic carbocycles. The van der Waals surface area contributed by atoms with E-state index in [-0.39, 0.29) is 11.2 Å². The van der Waals surface area contributed by atoms with Crippen LogP contribution in [0.2, 0.25) is 0 Å². The maximum atomic E-state index is 10.9. The molecule has 1 aromatic heterocycles. The van der Waals surface area contributed by atoms with Crippen molar-refractivity contribution in [1.82, 2.24) is 10.3 Å². The lowest BCUT2D eigenvalue weighted by Crippen LogP contribution is -2.17. The number of non-ortho nitro benzene ring substituents is 1. The van der Waals surface area contributed by atoms with Crippen LogP contribution in [0.5, 0.6) is 0 Å². The normalized spacial score (nSPS) is 10.8. The molecule has 1 aromatic carbocycles. The summed E-state index contributed by atoms with van der Waals surface area (Å²) in [6.07, 6.45) is 0.925. The van der Waals surface area contributed by atoms with Gasteiger partial charge in [0.05, 0.1) is 4.92 Å². The van der Waals surface area contributed by atoms with E-state index in [1.54, 1.807) is 12.1 Å². The molecule has 2 N–H and O–H groups in total. The van der Waals surface area contributed by atoms with Crippen LogP contribution in [0.15, 0.2) is 22.6 Å². The number of fused-ring (bicyclic) bond motifs is 1. The third kappa shape index (κ3) is 3.19. The van der Waals surface area contributed by atoms with E-state index in [1.165, 1.54) is 6.07 Å². The van der Waals surface area contributed by atoms with E-state index in [2.05, 4.69) is 15.6 Å². The second-order valence-corrected chi connectivity index (χ2v) is 4.03. The Kier molecular flexibility index (Phi) is 4.30. The van der Waals surface area contributed by atoms with Gasteiger partial charge in [0.1, 0.15) is 0 Å². The Bertz CT molecular complexity index is 567. The first-order valence-corrected chi connectivity index (χ1v) is 6.21. The summed E-state index contributed by atoms with van der Waals surface area (Å²) in [5.74, 6) is 0. The first kappa shape index (κ1) is 13.3. The lowest BCUT2D eigenvalue weighted by Gasteiger charge is -2.01. The number of benzene rings is 1. The van der Waals surface area contributed by atoms with E-state index in [0.717, 1.165) is 19.5 Å². The zero-order valence-electron chi connectivity index (χ0n) is 10.7. The Morgan fingerprint density at radius 2 is 2.26 bits per heavy atom. The van der Waals surface area contributed by atoms with Crippen molar-refractivity contribution in [3.05, 3.63) is 28.3 Å². The second kappa shape index (κ2) is 6.14. The summed E-state index contributed by atoms with van der Waals surface area (Å²) in [7, 11) is 0. The van der Waals surface area contributed by atoms with Crippen LogP contribution >= 0.6 is 0 Å². The van der Waals surface area contributed by atoms with Crippen LogP contribution in [0.25, 0.3) is 11.1 Å². The Hall–Kier alpha value is -2.15. The first-order valence-electron chi connectivity index (χ1n) is 6.21. The van der Waals surface area contributed by atoms with Gasteiger partial charge in [-0.25, -0.2) is 0 Å². The van der Waals surface area contributed by atoms with Crippen molar-refractivity contribution in [3.8, 4) is 0 Å². The molecule has 0 saturated heterocycles. The smallest absolute Gasteiger partial charge is 0.298 e. The molecule has 2 aromatic rings. The van der Waals surface area contributed by atoms with Gasteiger partial charge in [-0.1, -0.05) is 13.0 Å². The molecule has 0 unspecified atom stereocenters. The number of nitro groups is 1. The van der Waals surface area contributed by atoms with Crippen molar-refractivity contribution in [3.63, 3.8) is 0 Å². The minimum Gasteiger partial charge on any atom is -0.423 e. The van der Waals surface area contributed by atoms with Crippen LogP contribution < -0.4 is 10.6 Å². The van der Waals surface area contributed by atoms with Crippen LogP contribution in [0.3, 0.4) is 0 Å². The van der Waals surface area contributed by atoms with Gasteiger partial charge in [-0.3, -0.25) is 10.1 Å². The number of nitro benzene ring substituents is 1. The molecule has 2 rings (SSSR count). The van der Waals surface area contributed by atoms with Gasteiger partial charge in [-0.2, -0.15) is 4.98 Å². The fourth-order valence-corrected chi connectivity index (χ4v) is 1.74. The molecule has 7 heteroatoms. The topological polar surface area (TPSA) is 93.2 Å². The highest BCUT2D eigenvalue weighted by molar-refractivity contribution is 5.83. The monoisotopic (exact) mass is 264 g/mol. The highest BCUT2D eigenvalue weighted by Crippen LogP contribution is 2.27. The summed E-state index contributed by atoms with van der Waals surface area (Å²) in [6, 6.07) is 4.99. The lowest BCUT2D eigenvalue weighted by atomic mass is 10.3. The van der Waals surface area contributed by atoms with Crippen LogP contribution in [0.1, 0.15) is 13.3 Å². The minimum atomic E-state index is -0.459. The predicted molar refractivity (Wildman–Crippen MR) is 72.3 cm³/mol. The quantitative estimate of drug-likeness (QED) is 0.452. The summed E-state index contributed by atoms with van der Waals surface area (Å²) in [6.45, 7) is 4.60. The van der Waals surface area contributed by atoms with Gasteiger partial charge < -0.3 is 15.1 Å². The van der Waals surface area contributed by atoms with Crippen molar-refractivity contribution >= 4 is 22.8 Å². The SMILES string of the molecule is CCNCCCNc1nc2c([N+](=O)[O-])cccc2o1. The van der Waals surface area contributed by atoms with E-state index in [1.807, 2.05) is 6.92 Å². The molecule has 0 saturated carbocycles. The van der Waals surface area contributed by atoms with Crippen LogP contribution in [0.4, 0.5) is 11.7 Å². The van der Waals surface area contributed by atoms with E-state index in [0.29, 0.717) is 18.1 Å². The third-order valence-electron chi connectivity index (χ3n) is 2.65. The van der Waals surface area contributed by atoms with Crippen LogP contribution in [0, 0.1) is 10.1 Å². The largest absolute Gasteiger partial charge is 0.423 e. The van der Waals surface area contributed by atoms with Crippen molar-refractivity contribution in [2.45, 2.75) is 13.3 Å². The Balaban J connectivity index is 2.05. The van der Waals surface area contributed by atoms with Crippen molar-refractivity contribution in [1.29, 1.82) is 0 Å². The van der Waals surface area contributed by atoms with Gasteiger partial charge >= 0.3 is 0 Å². The summed E-state index contributed by atoms with van der Waals surface area (Å²) in [4.78, 5) is 14.5. The van der Waals surface area contributed by atoms with Crippen molar-refractivity contribution < 1.29 is 9.34 Å². The minimum absolute atomic E-state index is 0.0399. The third-order valence-corrected chi connectivity index (χ3v) is 2.65. The first-order chi connectivity index (χ1) is 9.22. The number of anilines is 1. The number of rotatable bonds is 7. The Labute approximate surface area is 110 Å². The number of para-hydroxylation sites is 1. The molecule has 1 heterocycles. The van der Waals surface area contributed by atoms with Gasteiger partial charge in [-0.05, 0) is 25.6 Å². The molecule has 19 heavy (non-hydrogen) atoms. The second-order valence-electron chi connectivity index (χ2n) is 4.03. The molecule has 7 nitrogen and oxygen atoms in total. The van der Waals surface area contributed by atoms with E-state index in [4.69, 9.17) is 4.42 Å². The van der Waals surface area contributed by atoms with Gasteiger partial charge in [0, 0.05) is 12.6 Å². The van der Waals surface area contributed by atoms with Gasteiger partial charge in [0.15, 0.2) is 11.1 Å². The van der Waals surface area contributed by atoms with E-state index < -0.39 is 4.92 Å². The maximum Gasteiger partial charge on any atom is 0.298 e. The van der Waals surface area contributed by atoms with Crippen molar-refractivity contribution in [2.75, 3.05) is 25.0 Å². The number of nitrogens with zero attached hydrogens (tertiary/aromatic N) is 2. The number of nitrogens with one attached hydrogen (secondary N) is 2. The highest BCUT2D eigenvalue weighted by atomic mass is 16.6. The van der Waals surface area contributed by atoms with Gasteiger partial charge in [0.2, 0.25) is 0 Å². The molecule has 0 radical (unpaired) electrons. The lowest BCUT2D eigenvalue weighted by molar-refractivity contribution is -0.383. The zero-order chi connectivity index (χ0) is 13.7. The number of hydrogen-bond donors (Lipinski definition) is 2. The molecule has 0 atom stereocenters. The van der Waals surface area contributed by atoms with Crippen LogP contribution in [-0.4, -0.2) is 29.5 Å². The predicted octanol–water partition coefficient (Wildman–Crippen LogP) is 2.15. The van der Waals surface area contributed by atoms with Gasteiger partial charge in [-0.15, -0.1) is 0 Å². The summed E-state index contributed by atoms with van der Waals surface area (Å²) in [5, 5.41) is 17.1. The molecule has 0 amide bonds. The molecule has 0 bridgehead atoms. The molecule has 0 spiro atoms. The highest BCUT2D eigenvalue weighted by Gasteiger charge is 2.16. The number of oxazole rings is 1. The standard InChI is InChI=1S/C12H16N4O3/c1-2-13-7-4-8-14-12-15-11-9(16(17)18)5-3-6-10(11)19-12/h3,5-6,13H,2,4,7-8H2,1H3,(H,14,15). The molecule has 0 aliphatic heterocycles. The fourth-order valence-electron chi connectivity index (χ4n) is 1.74. The molecule has 102 valence electrons. The maximum absolute atomic E-state index is 10.9. The van der Waals surface area contributed by atoms with Crippen LogP contribution in [-0.2, 0) is 0 Å². The molecule has 0 aliphatic rings. The molecule has 0 fully saturated rings. The van der Waals surface area contributed by atoms with E-state index in [9.17, 15) is 10.1 Å². The average molecular weight is 264 g/mol. The molecular formula is C12H16N4O3. The molecular weight excluding hydrogens is 248 g/mol. The average Bonchev–Trinajstić information content (AvgIpc) is 2.80.